The molecule has 0 aromatic carbocycles. The summed E-state index contributed by atoms with van der Waals surface area (Å²) < 4.78 is 9.28. The number of anilines is 1. The molecule has 0 aliphatic carbocycles. The van der Waals surface area contributed by atoms with Crippen molar-refractivity contribution >= 4 is 58.0 Å². The van der Waals surface area contributed by atoms with Crippen molar-refractivity contribution in [3.05, 3.63) is 17.1 Å². The van der Waals surface area contributed by atoms with Gasteiger partial charge in [0, 0.05) is 49.0 Å². The summed E-state index contributed by atoms with van der Waals surface area (Å²) >= 11 is 2.11. The molecule has 3 aliphatic rings. The maximum Gasteiger partial charge on any atom is 0.410 e. The summed E-state index contributed by atoms with van der Waals surface area (Å²) in [7, 11) is 3.19. The Labute approximate surface area is 213 Å². The number of nitrogens with one attached hydrogen (secondary N) is 1. The molecular weight excluding hydrogens is 516 g/mol. The molecule has 1 aromatic heterocycles. The summed E-state index contributed by atoms with van der Waals surface area (Å²) in [6.07, 6.45) is -0.534. The Morgan fingerprint density at radius 2 is 2.00 bits per heavy atom. The minimum atomic E-state index is -1.33. The number of ether oxygens (including phenoxy) is 1. The lowest BCUT2D eigenvalue weighted by Gasteiger charge is -2.49. The lowest BCUT2D eigenvalue weighted by atomic mass is 10.0. The second-order valence-corrected chi connectivity index (χ2v) is 9.93. The first-order valence-electron chi connectivity index (χ1n) is 10.7. The zero-order valence-electron chi connectivity index (χ0n) is 19.4. The molecule has 194 valence electrons. The maximum absolute atomic E-state index is 12.9. The number of fused-ring (bicyclic) bond motifs is 1. The quantitative estimate of drug-likeness (QED) is 0.208. The predicted molar refractivity (Wildman–Crippen MR) is 128 cm³/mol. The number of rotatable bonds is 7. The van der Waals surface area contributed by atoms with Crippen molar-refractivity contribution in [3.8, 4) is 0 Å². The highest BCUT2D eigenvalue weighted by molar-refractivity contribution is 8.00. The van der Waals surface area contributed by atoms with E-state index in [1.54, 1.807) is 4.90 Å². The van der Waals surface area contributed by atoms with Crippen LogP contribution in [0.25, 0.3) is 0 Å². The number of oxime groups is 1. The van der Waals surface area contributed by atoms with Crippen molar-refractivity contribution in [3.63, 3.8) is 0 Å². The minimum Gasteiger partial charge on any atom is -0.477 e. The molecule has 0 radical (unpaired) electrons. The molecule has 3 amide bonds. The maximum atomic E-state index is 12.9. The zero-order chi connectivity index (χ0) is 26.0. The number of likely N-dealkylation sites (N-methyl/N-ethyl adjacent to an activating group) is 1. The third kappa shape index (κ3) is 5.07. The van der Waals surface area contributed by atoms with Gasteiger partial charge < -0.3 is 35.5 Å². The van der Waals surface area contributed by atoms with Crippen LogP contribution in [0, 0.1) is 0 Å². The van der Waals surface area contributed by atoms with Gasteiger partial charge in [-0.25, -0.2) is 9.59 Å². The normalized spacial score (nSPS) is 22.6. The van der Waals surface area contributed by atoms with Gasteiger partial charge >= 0.3 is 12.1 Å². The summed E-state index contributed by atoms with van der Waals surface area (Å²) in [6, 6.07) is -1.01. The van der Waals surface area contributed by atoms with E-state index < -0.39 is 35.3 Å². The molecule has 4 heterocycles. The molecule has 15 nitrogen and oxygen atoms in total. The molecule has 1 aromatic rings. The topological polar surface area (TPSA) is 193 Å². The van der Waals surface area contributed by atoms with Gasteiger partial charge in [0.1, 0.15) is 30.8 Å². The monoisotopic (exact) mass is 540 g/mol. The average molecular weight is 541 g/mol. The van der Waals surface area contributed by atoms with Gasteiger partial charge in [0.2, 0.25) is 11.5 Å². The van der Waals surface area contributed by atoms with Crippen molar-refractivity contribution in [2.75, 3.05) is 58.4 Å². The number of β-lactam (4-membered cyclic amide) rings is 1. The van der Waals surface area contributed by atoms with E-state index in [-0.39, 0.29) is 34.7 Å². The average Bonchev–Trinajstić information content (AvgIpc) is 3.29. The van der Waals surface area contributed by atoms with Crippen LogP contribution in [0.1, 0.15) is 5.82 Å². The number of nitrogens with two attached hydrogens (primary N) is 1. The van der Waals surface area contributed by atoms with E-state index in [0.29, 0.717) is 31.8 Å². The number of hydrogen-bond donors (Lipinski definition) is 3. The van der Waals surface area contributed by atoms with Crippen LogP contribution in [-0.4, -0.2) is 123 Å². The van der Waals surface area contributed by atoms with Gasteiger partial charge in [0.15, 0.2) is 5.13 Å². The number of nitrogen functional groups attached to an aromatic ring is 1. The number of carboxylic acids is 1. The van der Waals surface area contributed by atoms with Crippen molar-refractivity contribution < 1.29 is 33.9 Å². The summed E-state index contributed by atoms with van der Waals surface area (Å²) in [5, 5.41) is 15.4. The number of hydrogen-bond acceptors (Lipinski definition) is 13. The van der Waals surface area contributed by atoms with E-state index in [4.69, 9.17) is 15.3 Å². The van der Waals surface area contributed by atoms with E-state index >= 15 is 0 Å². The Morgan fingerprint density at radius 1 is 1.28 bits per heavy atom. The molecular formula is C19H24N8O7S2. The van der Waals surface area contributed by atoms with Gasteiger partial charge in [0.25, 0.3) is 11.8 Å². The number of aliphatic carboxylic acids is 1. The van der Waals surface area contributed by atoms with E-state index in [1.807, 2.05) is 7.05 Å². The fraction of sp³-hybridized carbons (Fsp3) is 0.526. The third-order valence-corrected chi connectivity index (χ3v) is 7.60. The van der Waals surface area contributed by atoms with Crippen molar-refractivity contribution in [2.24, 2.45) is 5.16 Å². The SMILES string of the molecule is CON=C(C(=O)NC1C(=O)N2C(C(=O)O)=C(COC(=O)N3CCN(C)CC3)CS[C@H]12)c1nsc(N)n1. The number of thioether (sulfide) groups is 1. The first-order chi connectivity index (χ1) is 17.2. The number of carbonyl (C=O) groups is 4. The van der Waals surface area contributed by atoms with Gasteiger partial charge in [-0.05, 0) is 7.05 Å². The molecule has 0 spiro atoms. The second-order valence-electron chi connectivity index (χ2n) is 8.04. The van der Waals surface area contributed by atoms with E-state index in [1.165, 1.54) is 18.9 Å². The molecule has 36 heavy (non-hydrogen) atoms. The molecule has 2 saturated heterocycles. The van der Waals surface area contributed by atoms with E-state index in [0.717, 1.165) is 16.4 Å². The van der Waals surface area contributed by atoms with Crippen LogP contribution in [0.15, 0.2) is 16.4 Å². The highest BCUT2D eigenvalue weighted by atomic mass is 32.2. The lowest BCUT2D eigenvalue weighted by molar-refractivity contribution is -0.150. The number of nitrogens with zero attached hydrogens (tertiary/aromatic N) is 6. The van der Waals surface area contributed by atoms with Gasteiger partial charge in [-0.2, -0.15) is 9.36 Å². The first-order valence-corrected chi connectivity index (χ1v) is 12.5. The molecule has 4 N–H and O–H groups in total. The van der Waals surface area contributed by atoms with Gasteiger partial charge in [-0.3, -0.25) is 14.5 Å². The second kappa shape index (κ2) is 10.7. The number of carbonyl (C=O) groups excluding carboxylic acids is 3. The smallest absolute Gasteiger partial charge is 0.410 e. The van der Waals surface area contributed by atoms with Crippen LogP contribution in [-0.2, 0) is 24.0 Å². The number of amides is 3. The molecule has 2 fully saturated rings. The van der Waals surface area contributed by atoms with Gasteiger partial charge in [0.05, 0.1) is 0 Å². The fourth-order valence-corrected chi connectivity index (χ4v) is 5.60. The Bertz CT molecular complexity index is 1130. The van der Waals surface area contributed by atoms with Crippen molar-refractivity contribution in [1.29, 1.82) is 0 Å². The van der Waals surface area contributed by atoms with Gasteiger partial charge in [-0.1, -0.05) is 5.16 Å². The number of piperazine rings is 1. The lowest BCUT2D eigenvalue weighted by Crippen LogP contribution is -2.71. The standard InChI is InChI=1S/C19H24N8O7S2/c1-25-3-5-26(6-4-25)19(32)34-7-9-8-35-16-11(15(29)27(16)12(9)17(30)31)21-14(28)10(23-33-2)13-22-18(20)36-24-13/h11,16H,3-8H2,1-2H3,(H,21,28)(H,30,31)(H2,20,22,24)/t11?,16-/m1/s1. The Morgan fingerprint density at radius 3 is 2.61 bits per heavy atom. The molecule has 1 unspecified atom stereocenters. The number of carboxylic acid groups (broad SMARTS) is 1. The Hall–Kier alpha value is -3.44. The molecule has 17 heteroatoms. The Balaban J connectivity index is 1.43. The number of aromatic nitrogens is 2. The molecule has 3 aliphatic heterocycles. The summed E-state index contributed by atoms with van der Waals surface area (Å²) in [6.45, 7) is 2.21. The van der Waals surface area contributed by atoms with Crippen LogP contribution in [0.5, 0.6) is 0 Å². The van der Waals surface area contributed by atoms with E-state index in [9.17, 15) is 24.3 Å². The van der Waals surface area contributed by atoms with Crippen LogP contribution >= 0.6 is 23.3 Å². The van der Waals surface area contributed by atoms with Crippen LogP contribution in [0.4, 0.5) is 9.93 Å². The molecule has 2 atom stereocenters. The predicted octanol–water partition coefficient (Wildman–Crippen LogP) is -1.41. The minimum absolute atomic E-state index is 0.0626. The first kappa shape index (κ1) is 25.6. The van der Waals surface area contributed by atoms with Crippen molar-refractivity contribution in [2.45, 2.75) is 11.4 Å². The summed E-state index contributed by atoms with van der Waals surface area (Å²) in [5.74, 6) is -2.59. The molecule has 4 rings (SSSR count). The van der Waals surface area contributed by atoms with E-state index in [2.05, 4.69) is 24.7 Å². The third-order valence-electron chi connectivity index (χ3n) is 5.72. The molecule has 0 bridgehead atoms. The fourth-order valence-electron chi connectivity index (χ4n) is 3.84. The van der Waals surface area contributed by atoms with Crippen molar-refractivity contribution in [1.82, 2.24) is 29.4 Å². The van der Waals surface area contributed by atoms with Gasteiger partial charge in [-0.15, -0.1) is 11.8 Å². The largest absolute Gasteiger partial charge is 0.477 e. The van der Waals surface area contributed by atoms with Crippen LogP contribution in [0.2, 0.25) is 0 Å². The van der Waals surface area contributed by atoms with Crippen LogP contribution in [0.3, 0.4) is 0 Å². The summed E-state index contributed by atoms with van der Waals surface area (Å²) in [4.78, 5) is 63.4. The highest BCUT2D eigenvalue weighted by Gasteiger charge is 2.54. The summed E-state index contributed by atoms with van der Waals surface area (Å²) in [5.41, 5.74) is 5.34. The molecule has 0 saturated carbocycles. The zero-order valence-corrected chi connectivity index (χ0v) is 21.0. The Kier molecular flexibility index (Phi) is 7.60. The highest BCUT2D eigenvalue weighted by Crippen LogP contribution is 2.40. The van der Waals surface area contributed by atoms with Crippen LogP contribution < -0.4 is 11.1 Å².